The molecule has 0 saturated carbocycles. The lowest BCUT2D eigenvalue weighted by Crippen LogP contribution is -2.23. The maximum Gasteiger partial charge on any atom is 0.240 e. The summed E-state index contributed by atoms with van der Waals surface area (Å²) in [5.41, 5.74) is 1.51. The van der Waals surface area contributed by atoms with Gasteiger partial charge in [-0.2, -0.15) is 0 Å². The molecule has 0 aliphatic heterocycles. The molecule has 7 nitrogen and oxygen atoms in total. The smallest absolute Gasteiger partial charge is 0.240 e. The zero-order valence-electron chi connectivity index (χ0n) is 11.2. The van der Waals surface area contributed by atoms with Gasteiger partial charge in [0.05, 0.1) is 4.90 Å². The predicted molar refractivity (Wildman–Crippen MR) is 82.4 cm³/mol. The Balaban J connectivity index is 0.00000176. The van der Waals surface area contributed by atoms with Crippen LogP contribution in [0.25, 0.3) is 11.0 Å². The highest BCUT2D eigenvalue weighted by molar-refractivity contribution is 7.89. The van der Waals surface area contributed by atoms with Crippen LogP contribution in [0.4, 0.5) is 0 Å². The van der Waals surface area contributed by atoms with Crippen molar-refractivity contribution in [2.24, 2.45) is 0 Å². The molecule has 0 aliphatic rings. The summed E-state index contributed by atoms with van der Waals surface area (Å²) in [7, 11) is -3.67. The second kappa shape index (κ2) is 6.30. The topological polar surface area (TPSA) is 97.1 Å². The van der Waals surface area contributed by atoms with Crippen LogP contribution in [-0.4, -0.2) is 28.8 Å². The minimum atomic E-state index is -3.67. The normalized spacial score (nSPS) is 11.3. The van der Waals surface area contributed by atoms with E-state index in [4.69, 9.17) is 0 Å². The van der Waals surface area contributed by atoms with Gasteiger partial charge in [0.15, 0.2) is 0 Å². The Bertz CT molecular complexity index is 881. The van der Waals surface area contributed by atoms with E-state index in [9.17, 15) is 13.6 Å². The third-order valence-electron chi connectivity index (χ3n) is 3.02. The van der Waals surface area contributed by atoms with E-state index in [1.807, 2.05) is 30.3 Å². The van der Waals surface area contributed by atoms with E-state index in [0.717, 1.165) is 5.56 Å². The molecular weight excluding hydrogens is 328 g/mol. The SMILES string of the molecule is Cl.O=S(=O)(NCc1ccccc1)c1ccc2nnn(O)c2c1. The summed E-state index contributed by atoms with van der Waals surface area (Å²) in [5.74, 6) is 0. The fourth-order valence-electron chi connectivity index (χ4n) is 1.91. The van der Waals surface area contributed by atoms with Crippen LogP contribution in [0.5, 0.6) is 0 Å². The maximum atomic E-state index is 12.2. The van der Waals surface area contributed by atoms with Crippen molar-refractivity contribution in [1.82, 2.24) is 19.9 Å². The van der Waals surface area contributed by atoms with Gasteiger partial charge in [0.2, 0.25) is 10.0 Å². The highest BCUT2D eigenvalue weighted by Gasteiger charge is 2.16. The van der Waals surface area contributed by atoms with Crippen LogP contribution in [-0.2, 0) is 16.6 Å². The first-order chi connectivity index (χ1) is 10.1. The van der Waals surface area contributed by atoms with Crippen LogP contribution in [0.2, 0.25) is 0 Å². The third-order valence-corrected chi connectivity index (χ3v) is 4.42. The molecule has 0 unspecified atom stereocenters. The first-order valence-corrected chi connectivity index (χ1v) is 7.63. The second-order valence-corrected chi connectivity index (χ2v) is 6.21. The molecule has 2 N–H and O–H groups in total. The number of nitrogens with zero attached hydrogens (tertiary/aromatic N) is 3. The van der Waals surface area contributed by atoms with Gasteiger partial charge in [-0.25, -0.2) is 13.1 Å². The van der Waals surface area contributed by atoms with Crippen molar-refractivity contribution >= 4 is 33.5 Å². The minimum Gasteiger partial charge on any atom is -0.410 e. The predicted octanol–water partition coefficient (Wildman–Crippen LogP) is 1.57. The number of benzene rings is 2. The zero-order valence-corrected chi connectivity index (χ0v) is 12.9. The molecule has 2 aromatic carbocycles. The number of hydrogen-bond donors (Lipinski definition) is 2. The number of rotatable bonds is 4. The van der Waals surface area contributed by atoms with Crippen molar-refractivity contribution in [3.05, 3.63) is 54.1 Å². The molecule has 0 bridgehead atoms. The number of sulfonamides is 1. The van der Waals surface area contributed by atoms with Crippen molar-refractivity contribution in [2.45, 2.75) is 11.4 Å². The molecule has 22 heavy (non-hydrogen) atoms. The van der Waals surface area contributed by atoms with Crippen molar-refractivity contribution in [2.75, 3.05) is 0 Å². The second-order valence-electron chi connectivity index (χ2n) is 4.44. The van der Waals surface area contributed by atoms with Gasteiger partial charge in [0.25, 0.3) is 0 Å². The Hall–Kier alpha value is -2.16. The monoisotopic (exact) mass is 340 g/mol. The van der Waals surface area contributed by atoms with E-state index in [1.165, 1.54) is 18.2 Å². The molecule has 0 aliphatic carbocycles. The largest absolute Gasteiger partial charge is 0.410 e. The fraction of sp³-hybridized carbons (Fsp3) is 0.0769. The van der Waals surface area contributed by atoms with E-state index in [-0.39, 0.29) is 29.4 Å². The number of halogens is 1. The number of aromatic nitrogens is 3. The Morgan fingerprint density at radius 1 is 1.14 bits per heavy atom. The summed E-state index contributed by atoms with van der Waals surface area (Å²) in [6.07, 6.45) is 0. The minimum absolute atomic E-state index is 0. The lowest BCUT2D eigenvalue weighted by Gasteiger charge is -2.07. The number of nitrogens with one attached hydrogen (secondary N) is 1. The lowest BCUT2D eigenvalue weighted by atomic mass is 10.2. The first-order valence-electron chi connectivity index (χ1n) is 6.14. The average molecular weight is 341 g/mol. The number of fused-ring (bicyclic) bond motifs is 1. The average Bonchev–Trinajstić information content (AvgIpc) is 2.87. The molecular formula is C13H13ClN4O3S. The van der Waals surface area contributed by atoms with Gasteiger partial charge in [-0.3, -0.25) is 0 Å². The van der Waals surface area contributed by atoms with Gasteiger partial charge in [0, 0.05) is 6.54 Å². The summed E-state index contributed by atoms with van der Waals surface area (Å²) in [5, 5.41) is 16.5. The Labute approximate surface area is 133 Å². The van der Waals surface area contributed by atoms with E-state index < -0.39 is 10.0 Å². The first kappa shape index (κ1) is 16.2. The molecule has 1 heterocycles. The van der Waals surface area contributed by atoms with Crippen LogP contribution in [0, 0.1) is 0 Å². The van der Waals surface area contributed by atoms with Gasteiger partial charge in [-0.15, -0.1) is 17.5 Å². The van der Waals surface area contributed by atoms with E-state index >= 15 is 0 Å². The van der Waals surface area contributed by atoms with Gasteiger partial charge in [-0.1, -0.05) is 35.2 Å². The molecule has 0 saturated heterocycles. The summed E-state index contributed by atoms with van der Waals surface area (Å²) < 4.78 is 27.0. The number of hydrogen-bond acceptors (Lipinski definition) is 5. The zero-order chi connectivity index (χ0) is 14.9. The van der Waals surface area contributed by atoms with Crippen molar-refractivity contribution in [3.63, 3.8) is 0 Å². The van der Waals surface area contributed by atoms with E-state index in [0.29, 0.717) is 10.4 Å². The highest BCUT2D eigenvalue weighted by atomic mass is 35.5. The van der Waals surface area contributed by atoms with Crippen LogP contribution >= 0.6 is 12.4 Å². The molecule has 0 amide bonds. The fourth-order valence-corrected chi connectivity index (χ4v) is 2.95. The molecule has 0 fully saturated rings. The van der Waals surface area contributed by atoms with Gasteiger partial charge < -0.3 is 5.21 Å². The summed E-state index contributed by atoms with van der Waals surface area (Å²) in [4.78, 5) is 0.592. The molecule has 0 spiro atoms. The van der Waals surface area contributed by atoms with Crippen LogP contribution < -0.4 is 4.72 Å². The van der Waals surface area contributed by atoms with Gasteiger partial charge in [-0.05, 0) is 29.0 Å². The van der Waals surface area contributed by atoms with Crippen molar-refractivity contribution < 1.29 is 13.6 Å². The molecule has 116 valence electrons. The highest BCUT2D eigenvalue weighted by Crippen LogP contribution is 2.16. The van der Waals surface area contributed by atoms with E-state index in [1.54, 1.807) is 0 Å². The summed E-state index contributed by atoms with van der Waals surface area (Å²) >= 11 is 0. The molecule has 0 atom stereocenters. The summed E-state index contributed by atoms with van der Waals surface area (Å²) in [6, 6.07) is 13.4. The lowest BCUT2D eigenvalue weighted by molar-refractivity contribution is 0.154. The molecule has 3 aromatic rings. The van der Waals surface area contributed by atoms with Gasteiger partial charge >= 0.3 is 0 Å². The molecule has 9 heteroatoms. The van der Waals surface area contributed by atoms with Crippen LogP contribution in [0.3, 0.4) is 0 Å². The van der Waals surface area contributed by atoms with Crippen molar-refractivity contribution in [1.29, 1.82) is 0 Å². The standard InChI is InChI=1S/C13H12N4O3S.ClH/c18-17-13-8-11(6-7-12(13)15-16-17)21(19,20)14-9-10-4-2-1-3-5-10;/h1-8,14,18H,9H2;1H. The maximum absolute atomic E-state index is 12.2. The van der Waals surface area contributed by atoms with Crippen molar-refractivity contribution in [3.8, 4) is 0 Å². The molecule has 1 aromatic heterocycles. The van der Waals surface area contributed by atoms with Crippen LogP contribution in [0.1, 0.15) is 5.56 Å². The quantitative estimate of drug-likeness (QED) is 0.703. The Kier molecular flexibility index (Phi) is 4.65. The van der Waals surface area contributed by atoms with Gasteiger partial charge in [0.1, 0.15) is 11.0 Å². The molecule has 3 rings (SSSR count). The molecule has 0 radical (unpaired) electrons. The third kappa shape index (κ3) is 3.19. The van der Waals surface area contributed by atoms with E-state index in [2.05, 4.69) is 15.0 Å². The Morgan fingerprint density at radius 2 is 1.86 bits per heavy atom. The summed E-state index contributed by atoms with van der Waals surface area (Å²) in [6.45, 7) is 0.192. The Morgan fingerprint density at radius 3 is 2.59 bits per heavy atom. The van der Waals surface area contributed by atoms with Crippen LogP contribution in [0.15, 0.2) is 53.4 Å².